The average Bonchev–Trinajstić information content (AvgIpc) is 2.81. The van der Waals surface area contributed by atoms with Crippen LogP contribution >= 0.6 is 0 Å². The highest BCUT2D eigenvalue weighted by atomic mass is 19.4. The second-order valence-corrected chi connectivity index (χ2v) is 4.06. The van der Waals surface area contributed by atoms with E-state index in [1.165, 1.54) is 6.20 Å². The Kier molecular flexibility index (Phi) is 3.27. The van der Waals surface area contributed by atoms with E-state index in [0.717, 1.165) is 16.3 Å². The number of rotatable bonds is 2. The van der Waals surface area contributed by atoms with Gasteiger partial charge in [0.1, 0.15) is 0 Å². The molecule has 0 aromatic carbocycles. The van der Waals surface area contributed by atoms with Crippen molar-refractivity contribution in [1.82, 2.24) is 20.0 Å². The Labute approximate surface area is 107 Å². The Morgan fingerprint density at radius 2 is 1.95 bits per heavy atom. The van der Waals surface area contributed by atoms with E-state index in [2.05, 4.69) is 15.3 Å². The maximum absolute atomic E-state index is 12.5. The lowest BCUT2D eigenvalue weighted by molar-refractivity contribution is -0.141. The molecular formula is C11H12F3N5. The molecule has 5 nitrogen and oxygen atoms in total. The third-order valence-electron chi connectivity index (χ3n) is 2.86. The lowest BCUT2D eigenvalue weighted by Gasteiger charge is -2.10. The van der Waals surface area contributed by atoms with Gasteiger partial charge >= 0.3 is 6.18 Å². The Morgan fingerprint density at radius 3 is 2.47 bits per heavy atom. The van der Waals surface area contributed by atoms with Crippen molar-refractivity contribution in [1.29, 1.82) is 0 Å². The van der Waals surface area contributed by atoms with E-state index in [9.17, 15) is 13.2 Å². The molecule has 19 heavy (non-hydrogen) atoms. The molecule has 0 radical (unpaired) electrons. The Hall–Kier alpha value is -1.96. The van der Waals surface area contributed by atoms with E-state index in [0.29, 0.717) is 11.3 Å². The molecule has 0 amide bonds. The normalized spacial score (nSPS) is 11.9. The molecule has 0 spiro atoms. The van der Waals surface area contributed by atoms with E-state index in [-0.39, 0.29) is 12.4 Å². The van der Waals surface area contributed by atoms with Gasteiger partial charge in [0, 0.05) is 18.3 Å². The van der Waals surface area contributed by atoms with Gasteiger partial charge in [-0.2, -0.15) is 23.4 Å². The van der Waals surface area contributed by atoms with Gasteiger partial charge in [0.05, 0.1) is 5.69 Å². The first-order valence-electron chi connectivity index (χ1n) is 5.50. The number of aromatic nitrogens is 4. The van der Waals surface area contributed by atoms with Crippen molar-refractivity contribution >= 4 is 0 Å². The van der Waals surface area contributed by atoms with Crippen LogP contribution in [0.4, 0.5) is 13.2 Å². The quantitative estimate of drug-likeness (QED) is 0.903. The fraction of sp³-hybridized carbons (Fsp3) is 0.364. The molecule has 0 fully saturated rings. The zero-order valence-corrected chi connectivity index (χ0v) is 10.4. The van der Waals surface area contributed by atoms with Crippen LogP contribution in [0.3, 0.4) is 0 Å². The summed E-state index contributed by atoms with van der Waals surface area (Å²) >= 11 is 0. The number of hydrogen-bond donors (Lipinski definition) is 1. The molecule has 102 valence electrons. The molecule has 0 aliphatic rings. The average molecular weight is 271 g/mol. The van der Waals surface area contributed by atoms with Gasteiger partial charge in [-0.05, 0) is 25.5 Å². The van der Waals surface area contributed by atoms with Crippen LogP contribution in [-0.2, 0) is 12.7 Å². The summed E-state index contributed by atoms with van der Waals surface area (Å²) in [5.74, 6) is 0.223. The summed E-state index contributed by atoms with van der Waals surface area (Å²) in [6, 6.07) is 0.886. The summed E-state index contributed by atoms with van der Waals surface area (Å²) in [5, 5.41) is 11.2. The molecule has 2 heterocycles. The van der Waals surface area contributed by atoms with Gasteiger partial charge < -0.3 is 5.73 Å². The largest absolute Gasteiger partial charge is 0.435 e. The molecule has 0 aliphatic heterocycles. The van der Waals surface area contributed by atoms with Crippen LogP contribution < -0.4 is 5.73 Å². The highest BCUT2D eigenvalue weighted by molar-refractivity contribution is 5.40. The van der Waals surface area contributed by atoms with Crippen molar-refractivity contribution in [2.75, 3.05) is 0 Å². The van der Waals surface area contributed by atoms with Crippen LogP contribution in [0.25, 0.3) is 5.82 Å². The van der Waals surface area contributed by atoms with Crippen molar-refractivity contribution in [3.63, 3.8) is 0 Å². The standard InChI is InChI=1S/C11H12F3N5/c1-6-7(2)16-17-10(8(6)5-15)19-4-3-9(18-19)11(12,13)14/h3-4H,5,15H2,1-2H3. The predicted molar refractivity (Wildman–Crippen MR) is 61.5 cm³/mol. The summed E-state index contributed by atoms with van der Waals surface area (Å²) in [6.45, 7) is 3.71. The second kappa shape index (κ2) is 4.61. The minimum atomic E-state index is -4.48. The SMILES string of the molecule is Cc1nnc(-n2ccc(C(F)(F)F)n2)c(CN)c1C. The molecule has 0 saturated heterocycles. The van der Waals surface area contributed by atoms with E-state index in [1.807, 2.05) is 0 Å². The Bertz CT molecular complexity index is 603. The third-order valence-corrected chi connectivity index (χ3v) is 2.86. The zero-order chi connectivity index (χ0) is 14.2. The zero-order valence-electron chi connectivity index (χ0n) is 10.4. The van der Waals surface area contributed by atoms with E-state index >= 15 is 0 Å². The van der Waals surface area contributed by atoms with Crippen LogP contribution in [0.5, 0.6) is 0 Å². The molecule has 2 rings (SSSR count). The number of halogens is 3. The number of hydrogen-bond acceptors (Lipinski definition) is 4. The Balaban J connectivity index is 2.54. The summed E-state index contributed by atoms with van der Waals surface area (Å²) in [7, 11) is 0. The lowest BCUT2D eigenvalue weighted by Crippen LogP contribution is -2.13. The van der Waals surface area contributed by atoms with Crippen molar-refractivity contribution in [2.45, 2.75) is 26.6 Å². The molecule has 0 unspecified atom stereocenters. The summed E-state index contributed by atoms with van der Waals surface area (Å²) in [6.07, 6.45) is -3.29. The van der Waals surface area contributed by atoms with Crippen molar-refractivity contribution in [3.05, 3.63) is 34.8 Å². The van der Waals surface area contributed by atoms with E-state index in [1.54, 1.807) is 13.8 Å². The van der Waals surface area contributed by atoms with Crippen LogP contribution in [0, 0.1) is 13.8 Å². The van der Waals surface area contributed by atoms with Gasteiger partial charge in [-0.25, -0.2) is 4.68 Å². The maximum Gasteiger partial charge on any atom is 0.435 e. The minimum Gasteiger partial charge on any atom is -0.326 e. The second-order valence-electron chi connectivity index (χ2n) is 4.06. The van der Waals surface area contributed by atoms with Crippen LogP contribution in [0.1, 0.15) is 22.5 Å². The van der Waals surface area contributed by atoms with Gasteiger partial charge in [-0.1, -0.05) is 0 Å². The van der Waals surface area contributed by atoms with Gasteiger partial charge in [-0.3, -0.25) is 0 Å². The fourth-order valence-corrected chi connectivity index (χ4v) is 1.67. The molecular weight excluding hydrogens is 259 g/mol. The predicted octanol–water partition coefficient (Wildman–Crippen LogP) is 1.76. The molecule has 0 aliphatic carbocycles. The number of aryl methyl sites for hydroxylation is 1. The molecule has 0 bridgehead atoms. The highest BCUT2D eigenvalue weighted by Crippen LogP contribution is 2.28. The van der Waals surface area contributed by atoms with Gasteiger partial charge in [0.2, 0.25) is 0 Å². The number of alkyl halides is 3. The number of nitrogens with two attached hydrogens (primary N) is 1. The molecule has 2 N–H and O–H groups in total. The topological polar surface area (TPSA) is 69.6 Å². The van der Waals surface area contributed by atoms with Gasteiger partial charge in [0.25, 0.3) is 0 Å². The fourth-order valence-electron chi connectivity index (χ4n) is 1.67. The molecule has 2 aromatic rings. The van der Waals surface area contributed by atoms with E-state index < -0.39 is 11.9 Å². The molecule has 0 saturated carbocycles. The van der Waals surface area contributed by atoms with Crippen molar-refractivity contribution in [2.24, 2.45) is 5.73 Å². The lowest BCUT2D eigenvalue weighted by atomic mass is 10.1. The highest BCUT2D eigenvalue weighted by Gasteiger charge is 2.34. The van der Waals surface area contributed by atoms with Crippen molar-refractivity contribution in [3.8, 4) is 5.82 Å². The van der Waals surface area contributed by atoms with Crippen LogP contribution in [0.2, 0.25) is 0 Å². The summed E-state index contributed by atoms with van der Waals surface area (Å²) < 4.78 is 38.6. The van der Waals surface area contributed by atoms with Crippen LogP contribution in [0.15, 0.2) is 12.3 Å². The van der Waals surface area contributed by atoms with Crippen LogP contribution in [-0.4, -0.2) is 20.0 Å². The van der Waals surface area contributed by atoms with Crippen molar-refractivity contribution < 1.29 is 13.2 Å². The number of nitrogens with zero attached hydrogens (tertiary/aromatic N) is 4. The monoisotopic (exact) mass is 271 g/mol. The Morgan fingerprint density at radius 1 is 1.26 bits per heavy atom. The van der Waals surface area contributed by atoms with Gasteiger partial charge in [0.15, 0.2) is 11.5 Å². The van der Waals surface area contributed by atoms with Gasteiger partial charge in [-0.15, -0.1) is 5.10 Å². The minimum absolute atomic E-state index is 0.152. The van der Waals surface area contributed by atoms with E-state index in [4.69, 9.17) is 5.73 Å². The maximum atomic E-state index is 12.5. The summed E-state index contributed by atoms with van der Waals surface area (Å²) in [5.41, 5.74) is 6.76. The first kappa shape index (κ1) is 13.5. The third kappa shape index (κ3) is 2.43. The first-order valence-corrected chi connectivity index (χ1v) is 5.50. The first-order chi connectivity index (χ1) is 8.84. The molecule has 8 heteroatoms. The summed E-state index contributed by atoms with van der Waals surface area (Å²) in [4.78, 5) is 0. The molecule has 0 atom stereocenters. The molecule has 2 aromatic heterocycles. The smallest absolute Gasteiger partial charge is 0.326 e.